The van der Waals surface area contributed by atoms with Gasteiger partial charge < -0.3 is 33.8 Å². The molecule has 0 aromatic heterocycles. The topological polar surface area (TPSA) is 237 Å². The summed E-state index contributed by atoms with van der Waals surface area (Å²) in [6.45, 7) is 9.51. The third-order valence-electron chi connectivity index (χ3n) is 17.1. The minimum absolute atomic E-state index is 0.103. The second-order valence-corrected chi connectivity index (χ2v) is 29.6. The lowest BCUT2D eigenvalue weighted by Crippen LogP contribution is -2.30. The molecular weight excluding hydrogens is 1200 g/mol. The van der Waals surface area contributed by atoms with Crippen LogP contribution in [0.3, 0.4) is 0 Å². The largest absolute Gasteiger partial charge is 0.472 e. The summed E-state index contributed by atoms with van der Waals surface area (Å²) >= 11 is 0. The summed E-state index contributed by atoms with van der Waals surface area (Å²) in [5.74, 6) is -0.632. The van der Waals surface area contributed by atoms with Crippen LogP contribution in [0.15, 0.2) is 0 Å². The molecule has 0 aromatic carbocycles. The number of ether oxygens (including phenoxy) is 4. The van der Waals surface area contributed by atoms with Crippen molar-refractivity contribution in [2.24, 2.45) is 11.8 Å². The standard InChI is InChI=1S/C72H140O17P2/c1-7-10-12-14-16-18-20-21-22-23-24-25-28-33-37-44-50-56-71(76)88-67(60-82-70(75)55-49-43-36-32-29-26-27-30-34-40-46-52-64(4)5)62-86-90(78,79)84-58-66(73)59-85-91(80,81)87-63-68(89-72(77)57-51-45-39-38-41-47-53-65(6)9-3)61-83-69(74)54-48-42-35-31-19-17-15-13-11-8-2/h64-68,73H,7-63H2,1-6H3,(H,78,79)(H,80,81)/t65?,66-,67-,68-/m1/s1. The van der Waals surface area contributed by atoms with Crippen molar-refractivity contribution in [1.82, 2.24) is 0 Å². The Balaban J connectivity index is 5.23. The molecule has 0 heterocycles. The third-order valence-corrected chi connectivity index (χ3v) is 19.0. The maximum atomic E-state index is 13.0. The predicted octanol–water partition coefficient (Wildman–Crippen LogP) is 20.8. The van der Waals surface area contributed by atoms with Crippen molar-refractivity contribution in [3.8, 4) is 0 Å². The molecule has 0 saturated heterocycles. The number of phosphoric ester groups is 2. The first-order valence-electron chi connectivity index (χ1n) is 37.5. The van der Waals surface area contributed by atoms with Crippen molar-refractivity contribution in [2.45, 2.75) is 387 Å². The molecule has 0 amide bonds. The van der Waals surface area contributed by atoms with Crippen LogP contribution >= 0.6 is 15.6 Å². The van der Waals surface area contributed by atoms with Crippen LogP contribution in [0.25, 0.3) is 0 Å². The van der Waals surface area contributed by atoms with E-state index in [4.69, 9.17) is 37.0 Å². The Labute approximate surface area is 556 Å². The lowest BCUT2D eigenvalue weighted by atomic mass is 10.00. The zero-order valence-electron chi connectivity index (χ0n) is 59.1. The molecule has 0 spiro atoms. The molecule has 0 radical (unpaired) electrons. The summed E-state index contributed by atoms with van der Waals surface area (Å²) in [4.78, 5) is 72.6. The van der Waals surface area contributed by atoms with E-state index in [0.717, 1.165) is 102 Å². The van der Waals surface area contributed by atoms with Crippen LogP contribution in [0, 0.1) is 11.8 Å². The second-order valence-electron chi connectivity index (χ2n) is 26.7. The SMILES string of the molecule is CCCCCCCCCCCCCCCCCCCC(=O)O[C@H](COC(=O)CCCCCCCCCCCCCC(C)C)COP(=O)(O)OC[C@@H](O)COP(=O)(O)OC[C@@H](COC(=O)CCCCCCCCCCCC)OC(=O)CCCCCCCCC(C)CC. The highest BCUT2D eigenvalue weighted by Gasteiger charge is 2.30. The smallest absolute Gasteiger partial charge is 0.462 e. The quantitative estimate of drug-likeness (QED) is 0.0222. The normalized spacial score (nSPS) is 14.4. The van der Waals surface area contributed by atoms with Gasteiger partial charge in [0.05, 0.1) is 26.4 Å². The summed E-state index contributed by atoms with van der Waals surface area (Å²) in [6, 6.07) is 0. The van der Waals surface area contributed by atoms with Gasteiger partial charge in [-0.1, -0.05) is 318 Å². The fourth-order valence-electron chi connectivity index (χ4n) is 10.9. The van der Waals surface area contributed by atoms with Gasteiger partial charge in [-0.2, -0.15) is 0 Å². The van der Waals surface area contributed by atoms with E-state index < -0.39 is 97.5 Å². The van der Waals surface area contributed by atoms with Gasteiger partial charge in [0.1, 0.15) is 19.3 Å². The van der Waals surface area contributed by atoms with Crippen molar-refractivity contribution in [1.29, 1.82) is 0 Å². The highest BCUT2D eigenvalue weighted by Crippen LogP contribution is 2.45. The number of carbonyl (C=O) groups excluding carboxylic acids is 4. The molecule has 6 atom stereocenters. The lowest BCUT2D eigenvalue weighted by Gasteiger charge is -2.21. The van der Waals surface area contributed by atoms with E-state index in [2.05, 4.69) is 41.5 Å². The molecule has 17 nitrogen and oxygen atoms in total. The molecule has 0 aliphatic heterocycles. The van der Waals surface area contributed by atoms with Gasteiger partial charge in [-0.15, -0.1) is 0 Å². The fourth-order valence-corrected chi connectivity index (χ4v) is 12.5. The van der Waals surface area contributed by atoms with Crippen LogP contribution in [0.1, 0.15) is 369 Å². The van der Waals surface area contributed by atoms with E-state index in [-0.39, 0.29) is 25.7 Å². The van der Waals surface area contributed by atoms with E-state index in [0.29, 0.717) is 25.7 Å². The molecule has 0 aromatic rings. The van der Waals surface area contributed by atoms with Crippen LogP contribution in [-0.2, 0) is 65.4 Å². The molecule has 3 unspecified atom stereocenters. The minimum atomic E-state index is -4.95. The predicted molar refractivity (Wildman–Crippen MR) is 368 cm³/mol. The number of hydrogen-bond acceptors (Lipinski definition) is 15. The van der Waals surface area contributed by atoms with Gasteiger partial charge in [0, 0.05) is 25.7 Å². The van der Waals surface area contributed by atoms with Gasteiger partial charge in [-0.05, 0) is 37.5 Å². The Hall–Kier alpha value is -1.94. The van der Waals surface area contributed by atoms with Crippen molar-refractivity contribution in [3.05, 3.63) is 0 Å². The molecule has 3 N–H and O–H groups in total. The van der Waals surface area contributed by atoms with Crippen molar-refractivity contribution < 1.29 is 80.2 Å². The van der Waals surface area contributed by atoms with Crippen LogP contribution in [0.4, 0.5) is 0 Å². The number of unbranched alkanes of at least 4 members (excludes halogenated alkanes) is 40. The van der Waals surface area contributed by atoms with Crippen LogP contribution < -0.4 is 0 Å². The average molecular weight is 1340 g/mol. The van der Waals surface area contributed by atoms with Gasteiger partial charge in [0.25, 0.3) is 0 Å². The highest BCUT2D eigenvalue weighted by molar-refractivity contribution is 7.47. The van der Waals surface area contributed by atoms with Gasteiger partial charge >= 0.3 is 39.5 Å². The zero-order chi connectivity index (χ0) is 67.2. The Bertz CT molecular complexity index is 1770. The van der Waals surface area contributed by atoms with E-state index >= 15 is 0 Å². The molecule has 0 aliphatic rings. The summed E-state index contributed by atoms with van der Waals surface area (Å²) in [6.07, 6.45) is 50.0. The first-order valence-corrected chi connectivity index (χ1v) is 40.5. The van der Waals surface area contributed by atoms with E-state index in [1.165, 1.54) is 186 Å². The Kier molecular flexibility index (Phi) is 62.7. The zero-order valence-corrected chi connectivity index (χ0v) is 60.9. The molecule has 0 fully saturated rings. The molecule has 0 saturated carbocycles. The first-order chi connectivity index (χ1) is 43.9. The molecule has 19 heteroatoms. The molecule has 0 aliphatic carbocycles. The molecule has 540 valence electrons. The van der Waals surface area contributed by atoms with Crippen LogP contribution in [0.5, 0.6) is 0 Å². The Morgan fingerprint density at radius 2 is 0.560 bits per heavy atom. The third kappa shape index (κ3) is 65.1. The van der Waals surface area contributed by atoms with Gasteiger partial charge in [0.15, 0.2) is 12.2 Å². The molecular formula is C72H140O17P2. The second kappa shape index (κ2) is 64.1. The summed E-state index contributed by atoms with van der Waals surface area (Å²) in [5, 5.41) is 10.6. The van der Waals surface area contributed by atoms with E-state index in [1.807, 2.05) is 0 Å². The number of aliphatic hydroxyl groups excluding tert-OH is 1. The number of phosphoric acid groups is 2. The first kappa shape index (κ1) is 89.1. The fraction of sp³-hybridized carbons (Fsp3) is 0.944. The van der Waals surface area contributed by atoms with E-state index in [9.17, 15) is 43.2 Å². The summed E-state index contributed by atoms with van der Waals surface area (Å²) < 4.78 is 68.3. The van der Waals surface area contributed by atoms with Gasteiger partial charge in [0.2, 0.25) is 0 Å². The number of rotatable bonds is 71. The number of hydrogen-bond donors (Lipinski definition) is 3. The molecule has 0 rings (SSSR count). The highest BCUT2D eigenvalue weighted by atomic mass is 31.2. The minimum Gasteiger partial charge on any atom is -0.462 e. The number of esters is 4. The Morgan fingerprint density at radius 3 is 0.835 bits per heavy atom. The van der Waals surface area contributed by atoms with Crippen LogP contribution in [0.2, 0.25) is 0 Å². The van der Waals surface area contributed by atoms with Crippen LogP contribution in [-0.4, -0.2) is 96.7 Å². The molecule has 0 bridgehead atoms. The van der Waals surface area contributed by atoms with Crippen molar-refractivity contribution >= 4 is 39.5 Å². The Morgan fingerprint density at radius 1 is 0.319 bits per heavy atom. The summed E-state index contributed by atoms with van der Waals surface area (Å²) in [7, 11) is -9.90. The number of aliphatic hydroxyl groups is 1. The monoisotopic (exact) mass is 1340 g/mol. The number of carbonyl (C=O) groups is 4. The van der Waals surface area contributed by atoms with Crippen molar-refractivity contribution in [3.63, 3.8) is 0 Å². The van der Waals surface area contributed by atoms with Gasteiger partial charge in [-0.3, -0.25) is 37.3 Å². The van der Waals surface area contributed by atoms with Gasteiger partial charge in [-0.25, -0.2) is 9.13 Å². The maximum Gasteiger partial charge on any atom is 0.472 e. The summed E-state index contributed by atoms with van der Waals surface area (Å²) in [5.41, 5.74) is 0. The molecule has 91 heavy (non-hydrogen) atoms. The maximum absolute atomic E-state index is 13.0. The van der Waals surface area contributed by atoms with Crippen molar-refractivity contribution in [2.75, 3.05) is 39.6 Å². The van der Waals surface area contributed by atoms with E-state index in [1.54, 1.807) is 0 Å². The lowest BCUT2D eigenvalue weighted by molar-refractivity contribution is -0.161. The average Bonchev–Trinajstić information content (AvgIpc) is 3.73.